The van der Waals surface area contributed by atoms with Crippen molar-refractivity contribution >= 4 is 23.6 Å². The summed E-state index contributed by atoms with van der Waals surface area (Å²) in [6, 6.07) is 38.5. The predicted molar refractivity (Wildman–Crippen MR) is 171 cm³/mol. The predicted octanol–water partition coefficient (Wildman–Crippen LogP) is 7.15. The first-order valence-electron chi connectivity index (χ1n) is 14.9. The van der Waals surface area contributed by atoms with Crippen molar-refractivity contribution in [3.8, 4) is 0 Å². The lowest BCUT2D eigenvalue weighted by Crippen LogP contribution is -2.35. The maximum atomic E-state index is 12.6. The monoisotopic (exact) mass is 588 g/mol. The number of carbonyl (C=O) groups is 2. The molecule has 44 heavy (non-hydrogen) atoms. The van der Waals surface area contributed by atoms with Gasteiger partial charge in [0.05, 0.1) is 0 Å². The fourth-order valence-corrected chi connectivity index (χ4v) is 5.40. The van der Waals surface area contributed by atoms with Crippen molar-refractivity contribution in [1.82, 2.24) is 10.6 Å². The van der Waals surface area contributed by atoms with Crippen LogP contribution in [-0.4, -0.2) is 36.7 Å². The molecule has 2 atom stereocenters. The zero-order valence-electron chi connectivity index (χ0n) is 24.5. The Bertz CT molecular complexity index is 1340. The topological polar surface area (TPSA) is 101 Å². The van der Waals surface area contributed by atoms with Crippen LogP contribution in [0.1, 0.15) is 47.9 Å². The van der Waals surface area contributed by atoms with Crippen molar-refractivity contribution in [2.75, 3.05) is 13.1 Å². The summed E-state index contributed by atoms with van der Waals surface area (Å²) in [5.41, 5.74) is 4.59. The van der Waals surface area contributed by atoms with Crippen LogP contribution < -0.4 is 10.6 Å². The maximum absolute atomic E-state index is 12.6. The number of hydrogen-bond acceptors (Lipinski definition) is 6. The zero-order chi connectivity index (χ0) is 30.4. The zero-order valence-corrected chi connectivity index (χ0v) is 24.5. The number of oxime groups is 2. The lowest BCUT2D eigenvalue weighted by atomic mass is 9.81. The fraction of sp³-hybridized carbons (Fsp3) is 0.222. The first-order chi connectivity index (χ1) is 21.7. The highest BCUT2D eigenvalue weighted by Gasteiger charge is 2.23. The van der Waals surface area contributed by atoms with Crippen molar-refractivity contribution in [3.05, 3.63) is 144 Å². The third-order valence-electron chi connectivity index (χ3n) is 7.59. The second-order valence-corrected chi connectivity index (χ2v) is 10.8. The fourth-order valence-electron chi connectivity index (χ4n) is 5.40. The van der Waals surface area contributed by atoms with E-state index in [1.54, 1.807) is 0 Å². The molecule has 1 aliphatic rings. The van der Waals surface area contributed by atoms with Gasteiger partial charge in [-0.05, 0) is 31.1 Å². The third-order valence-corrected chi connectivity index (χ3v) is 7.59. The number of carbonyl (C=O) groups excluding carboxylic acids is 2. The molecule has 5 rings (SSSR count). The molecule has 1 fully saturated rings. The minimum Gasteiger partial charge on any atom is -0.319 e. The summed E-state index contributed by atoms with van der Waals surface area (Å²) in [6.07, 6.45) is 2.67. The van der Waals surface area contributed by atoms with Crippen LogP contribution in [0.2, 0.25) is 0 Å². The normalized spacial score (nSPS) is 15.7. The van der Waals surface area contributed by atoms with Crippen molar-refractivity contribution in [2.45, 2.75) is 25.7 Å². The molecule has 0 aliphatic heterocycles. The highest BCUT2D eigenvalue weighted by molar-refractivity contribution is 6.13. The molecule has 0 radical (unpaired) electrons. The van der Waals surface area contributed by atoms with Crippen molar-refractivity contribution < 1.29 is 19.3 Å². The Hall–Kier alpha value is -5.24. The van der Waals surface area contributed by atoms with Crippen LogP contribution in [0.4, 0.5) is 9.59 Å². The van der Waals surface area contributed by atoms with Crippen LogP contribution in [0.25, 0.3) is 0 Å². The molecule has 1 aliphatic carbocycles. The molecule has 2 unspecified atom stereocenters. The van der Waals surface area contributed by atoms with E-state index >= 15 is 0 Å². The number of nitrogens with zero attached hydrogens (tertiary/aromatic N) is 2. The van der Waals surface area contributed by atoms with Crippen molar-refractivity contribution in [3.63, 3.8) is 0 Å². The standard InChI is InChI=1S/C36H36N4O4/c41-35(43-39-33(29-16-5-1-6-17-29)30-18-7-2-8-19-30)37-25-27-14-13-15-28(24-27)26-38-36(42)44-40-34(31-20-9-3-10-21-31)32-22-11-4-12-23-32/h1-12,16-23,27-28H,13-15,24-26H2,(H,37,41)(H,38,42). The smallest absolute Gasteiger partial charge is 0.319 e. The van der Waals surface area contributed by atoms with Crippen LogP contribution in [-0.2, 0) is 9.68 Å². The quantitative estimate of drug-likeness (QED) is 0.117. The summed E-state index contributed by atoms with van der Waals surface area (Å²) in [5, 5.41) is 14.1. The van der Waals surface area contributed by atoms with Gasteiger partial charge in [0, 0.05) is 35.3 Å². The number of amides is 2. The van der Waals surface area contributed by atoms with Gasteiger partial charge in [0.25, 0.3) is 0 Å². The summed E-state index contributed by atoms with van der Waals surface area (Å²) in [6.45, 7) is 0.951. The van der Waals surface area contributed by atoms with Gasteiger partial charge in [0.1, 0.15) is 11.4 Å². The van der Waals surface area contributed by atoms with Gasteiger partial charge in [0.15, 0.2) is 0 Å². The summed E-state index contributed by atoms with van der Waals surface area (Å²) >= 11 is 0. The average Bonchev–Trinajstić information content (AvgIpc) is 3.09. The second kappa shape index (κ2) is 15.8. The van der Waals surface area contributed by atoms with E-state index in [2.05, 4.69) is 20.9 Å². The minimum absolute atomic E-state index is 0.270. The molecule has 0 spiro atoms. The Kier molecular flexibility index (Phi) is 10.9. The van der Waals surface area contributed by atoms with E-state index in [1.165, 1.54) is 0 Å². The lowest BCUT2D eigenvalue weighted by Gasteiger charge is -2.29. The van der Waals surface area contributed by atoms with Crippen LogP contribution >= 0.6 is 0 Å². The van der Waals surface area contributed by atoms with Gasteiger partial charge < -0.3 is 10.6 Å². The van der Waals surface area contributed by atoms with Gasteiger partial charge in [-0.15, -0.1) is 0 Å². The lowest BCUT2D eigenvalue weighted by molar-refractivity contribution is 0.143. The number of hydrogen-bond donors (Lipinski definition) is 2. The van der Waals surface area contributed by atoms with Crippen molar-refractivity contribution in [2.24, 2.45) is 22.1 Å². The SMILES string of the molecule is O=C(NCC1CCCC(CNC(=O)ON=C(c2ccccc2)c2ccccc2)C1)ON=C(c1ccccc1)c1ccccc1. The number of nitrogens with one attached hydrogen (secondary N) is 2. The van der Waals surface area contributed by atoms with Gasteiger partial charge in [-0.25, -0.2) is 9.59 Å². The van der Waals surface area contributed by atoms with E-state index in [0.29, 0.717) is 24.5 Å². The van der Waals surface area contributed by atoms with E-state index in [-0.39, 0.29) is 11.8 Å². The molecule has 8 heteroatoms. The molecule has 224 valence electrons. The summed E-state index contributed by atoms with van der Waals surface area (Å²) < 4.78 is 0. The van der Waals surface area contributed by atoms with Gasteiger partial charge in [-0.2, -0.15) is 0 Å². The van der Waals surface area contributed by atoms with E-state index < -0.39 is 12.2 Å². The highest BCUT2D eigenvalue weighted by atomic mass is 16.7. The van der Waals surface area contributed by atoms with Crippen LogP contribution in [0.15, 0.2) is 132 Å². The Morgan fingerprint density at radius 3 is 1.18 bits per heavy atom. The summed E-state index contributed by atoms with van der Waals surface area (Å²) in [5.74, 6) is 0.540. The van der Waals surface area contributed by atoms with Gasteiger partial charge >= 0.3 is 12.2 Å². The molecule has 1 saturated carbocycles. The van der Waals surface area contributed by atoms with E-state index in [1.807, 2.05) is 121 Å². The first kappa shape index (κ1) is 30.2. The molecule has 4 aromatic rings. The summed E-state index contributed by atoms with van der Waals surface area (Å²) in [4.78, 5) is 35.7. The van der Waals surface area contributed by atoms with Crippen LogP contribution in [0, 0.1) is 11.8 Å². The molecule has 2 amide bonds. The molecule has 0 aromatic heterocycles. The van der Waals surface area contributed by atoms with Crippen LogP contribution in [0.5, 0.6) is 0 Å². The molecule has 2 N–H and O–H groups in total. The minimum atomic E-state index is -0.594. The van der Waals surface area contributed by atoms with Gasteiger partial charge in [0.2, 0.25) is 0 Å². The molecule has 8 nitrogen and oxygen atoms in total. The number of rotatable bonds is 10. The first-order valence-corrected chi connectivity index (χ1v) is 14.9. The molecule has 0 heterocycles. The van der Waals surface area contributed by atoms with Crippen molar-refractivity contribution in [1.29, 1.82) is 0 Å². The van der Waals surface area contributed by atoms with E-state index in [0.717, 1.165) is 47.9 Å². The summed E-state index contributed by atoms with van der Waals surface area (Å²) in [7, 11) is 0. The molecular formula is C36H36N4O4. The largest absolute Gasteiger partial charge is 0.433 e. The van der Waals surface area contributed by atoms with E-state index in [4.69, 9.17) is 9.68 Å². The second-order valence-electron chi connectivity index (χ2n) is 10.8. The molecule has 0 saturated heterocycles. The Labute approximate surface area is 257 Å². The third kappa shape index (κ3) is 8.88. The molecular weight excluding hydrogens is 552 g/mol. The molecule has 0 bridgehead atoms. The highest BCUT2D eigenvalue weighted by Crippen LogP contribution is 2.28. The van der Waals surface area contributed by atoms with Crippen LogP contribution in [0.3, 0.4) is 0 Å². The number of benzene rings is 4. The molecule has 4 aromatic carbocycles. The maximum Gasteiger partial charge on any atom is 0.433 e. The van der Waals surface area contributed by atoms with E-state index in [9.17, 15) is 9.59 Å². The Balaban J connectivity index is 1.10. The Morgan fingerprint density at radius 1 is 0.545 bits per heavy atom. The average molecular weight is 589 g/mol. The van der Waals surface area contributed by atoms with Gasteiger partial charge in [-0.1, -0.05) is 138 Å². The Morgan fingerprint density at radius 2 is 0.864 bits per heavy atom. The van der Waals surface area contributed by atoms with Gasteiger partial charge in [-0.3, -0.25) is 9.68 Å².